The fourth-order valence-electron chi connectivity index (χ4n) is 2.01. The van der Waals surface area contributed by atoms with Crippen LogP contribution in [-0.4, -0.2) is 26.5 Å². The van der Waals surface area contributed by atoms with E-state index in [0.29, 0.717) is 6.42 Å². The zero-order chi connectivity index (χ0) is 12.0. The van der Waals surface area contributed by atoms with Gasteiger partial charge >= 0.3 is 0 Å². The zero-order valence-electron chi connectivity index (χ0n) is 9.91. The van der Waals surface area contributed by atoms with Gasteiger partial charge in [0.15, 0.2) is 0 Å². The summed E-state index contributed by atoms with van der Waals surface area (Å²) < 4.78 is 22.1. The van der Waals surface area contributed by atoms with Gasteiger partial charge in [0.25, 0.3) is 0 Å². The lowest BCUT2D eigenvalue weighted by Crippen LogP contribution is -2.36. The van der Waals surface area contributed by atoms with E-state index in [1.165, 1.54) is 24.7 Å². The predicted octanol–water partition coefficient (Wildman–Crippen LogP) is 1.14. The van der Waals surface area contributed by atoms with Crippen LogP contribution in [0.3, 0.4) is 0 Å². The highest BCUT2D eigenvalue weighted by Gasteiger charge is 2.14. The Hall–Kier alpha value is -0.390. The Balaban J connectivity index is 2.39. The van der Waals surface area contributed by atoms with E-state index in [1.807, 2.05) is 0 Å². The van der Waals surface area contributed by atoms with Crippen molar-refractivity contribution >= 4 is 9.84 Å². The number of nitrogens with two attached hydrogens (primary N) is 1. The van der Waals surface area contributed by atoms with Gasteiger partial charge in [-0.1, -0.05) is 11.6 Å². The van der Waals surface area contributed by atoms with Crippen LogP contribution in [0.2, 0.25) is 0 Å². The summed E-state index contributed by atoms with van der Waals surface area (Å²) in [6.07, 6.45) is 9.81. The van der Waals surface area contributed by atoms with Gasteiger partial charge in [0.05, 0.1) is 5.75 Å². The second kappa shape index (κ2) is 6.37. The molecule has 0 amide bonds. The monoisotopic (exact) mass is 246 g/mol. The van der Waals surface area contributed by atoms with Crippen molar-refractivity contribution in [2.24, 2.45) is 5.84 Å². The van der Waals surface area contributed by atoms with Gasteiger partial charge in [-0.05, 0) is 38.5 Å². The molecule has 0 aromatic heterocycles. The van der Waals surface area contributed by atoms with Gasteiger partial charge in [-0.15, -0.1) is 0 Å². The Morgan fingerprint density at radius 2 is 2.25 bits per heavy atom. The molecule has 0 heterocycles. The van der Waals surface area contributed by atoms with Crippen molar-refractivity contribution in [3.8, 4) is 0 Å². The van der Waals surface area contributed by atoms with Crippen molar-refractivity contribution in [1.82, 2.24) is 5.43 Å². The molecule has 1 atom stereocenters. The normalized spacial score (nSPS) is 19.2. The van der Waals surface area contributed by atoms with E-state index < -0.39 is 9.84 Å². The highest BCUT2D eigenvalue weighted by atomic mass is 32.2. The summed E-state index contributed by atoms with van der Waals surface area (Å²) in [6.45, 7) is 0. The molecule has 1 aliphatic carbocycles. The molecule has 0 aliphatic heterocycles. The lowest BCUT2D eigenvalue weighted by Gasteiger charge is -2.19. The molecule has 5 heteroatoms. The smallest absolute Gasteiger partial charge is 0.147 e. The van der Waals surface area contributed by atoms with E-state index in [1.54, 1.807) is 0 Å². The minimum absolute atomic E-state index is 0.0825. The summed E-state index contributed by atoms with van der Waals surface area (Å²) in [5.41, 5.74) is 4.14. The first-order valence-corrected chi connectivity index (χ1v) is 7.89. The Bertz CT molecular complexity index is 336. The second-order valence-electron chi connectivity index (χ2n) is 4.59. The average Bonchev–Trinajstić information content (AvgIpc) is 2.24. The third-order valence-corrected chi connectivity index (χ3v) is 3.94. The van der Waals surface area contributed by atoms with Crippen LogP contribution in [-0.2, 0) is 9.84 Å². The third kappa shape index (κ3) is 5.63. The molecule has 0 radical (unpaired) electrons. The van der Waals surface area contributed by atoms with Crippen molar-refractivity contribution in [3.05, 3.63) is 11.6 Å². The predicted molar refractivity (Wildman–Crippen MR) is 66.6 cm³/mol. The standard InChI is InChI=1S/C11H22N2O2S/c1-16(14,15)8-7-11(13-12)9-10-5-3-2-4-6-10/h5,11,13H,2-4,6-9,12H2,1H3. The molecule has 4 nitrogen and oxygen atoms in total. The molecule has 0 aromatic carbocycles. The molecule has 0 saturated carbocycles. The number of hydrogen-bond acceptors (Lipinski definition) is 4. The third-order valence-electron chi connectivity index (χ3n) is 2.97. The zero-order valence-corrected chi connectivity index (χ0v) is 10.7. The van der Waals surface area contributed by atoms with Crippen LogP contribution in [0.1, 0.15) is 38.5 Å². The summed E-state index contributed by atoms with van der Waals surface area (Å²) in [5.74, 6) is 5.65. The van der Waals surface area contributed by atoms with E-state index in [0.717, 1.165) is 19.3 Å². The molecule has 94 valence electrons. The second-order valence-corrected chi connectivity index (χ2v) is 6.85. The molecule has 1 rings (SSSR count). The van der Waals surface area contributed by atoms with Crippen LogP contribution in [0, 0.1) is 0 Å². The Labute approximate surface area is 98.2 Å². The minimum Gasteiger partial charge on any atom is -0.271 e. The van der Waals surface area contributed by atoms with Crippen molar-refractivity contribution in [2.45, 2.75) is 44.6 Å². The fourth-order valence-corrected chi connectivity index (χ4v) is 2.72. The molecule has 0 fully saturated rings. The summed E-state index contributed by atoms with van der Waals surface area (Å²) in [6, 6.07) is 0.0825. The largest absolute Gasteiger partial charge is 0.271 e. The van der Waals surface area contributed by atoms with Crippen LogP contribution < -0.4 is 11.3 Å². The van der Waals surface area contributed by atoms with Crippen LogP contribution >= 0.6 is 0 Å². The molecule has 0 saturated heterocycles. The van der Waals surface area contributed by atoms with Crippen LogP contribution in [0.4, 0.5) is 0 Å². The van der Waals surface area contributed by atoms with Crippen molar-refractivity contribution < 1.29 is 8.42 Å². The van der Waals surface area contributed by atoms with E-state index in [9.17, 15) is 8.42 Å². The maximum atomic E-state index is 11.1. The first-order valence-electron chi connectivity index (χ1n) is 5.83. The van der Waals surface area contributed by atoms with E-state index in [2.05, 4.69) is 11.5 Å². The maximum absolute atomic E-state index is 11.1. The Morgan fingerprint density at radius 3 is 2.75 bits per heavy atom. The van der Waals surface area contributed by atoms with E-state index in [-0.39, 0.29) is 11.8 Å². The van der Waals surface area contributed by atoms with Gasteiger partial charge in [-0.25, -0.2) is 8.42 Å². The number of hydrazine groups is 1. The summed E-state index contributed by atoms with van der Waals surface area (Å²) >= 11 is 0. The minimum atomic E-state index is -2.89. The van der Waals surface area contributed by atoms with Gasteiger partial charge in [0.2, 0.25) is 0 Å². The molecule has 1 aliphatic rings. The quantitative estimate of drug-likeness (QED) is 0.419. The van der Waals surface area contributed by atoms with Gasteiger partial charge in [0.1, 0.15) is 9.84 Å². The van der Waals surface area contributed by atoms with E-state index >= 15 is 0 Å². The summed E-state index contributed by atoms with van der Waals surface area (Å²) in [4.78, 5) is 0. The molecule has 16 heavy (non-hydrogen) atoms. The van der Waals surface area contributed by atoms with Crippen LogP contribution in [0.15, 0.2) is 11.6 Å². The topological polar surface area (TPSA) is 72.2 Å². The number of nitrogens with one attached hydrogen (secondary N) is 1. The van der Waals surface area contributed by atoms with Crippen molar-refractivity contribution in [2.75, 3.05) is 12.0 Å². The van der Waals surface area contributed by atoms with Gasteiger partial charge < -0.3 is 0 Å². The number of sulfone groups is 1. The molecule has 3 N–H and O–H groups in total. The van der Waals surface area contributed by atoms with Gasteiger partial charge in [-0.2, -0.15) is 0 Å². The number of allylic oxidation sites excluding steroid dienone is 1. The van der Waals surface area contributed by atoms with Crippen LogP contribution in [0.25, 0.3) is 0 Å². The van der Waals surface area contributed by atoms with Crippen molar-refractivity contribution in [1.29, 1.82) is 0 Å². The highest BCUT2D eigenvalue weighted by molar-refractivity contribution is 7.90. The molecule has 0 aromatic rings. The summed E-state index contributed by atoms with van der Waals surface area (Å²) in [5, 5.41) is 0. The first kappa shape index (κ1) is 13.7. The molecular weight excluding hydrogens is 224 g/mol. The fraction of sp³-hybridized carbons (Fsp3) is 0.818. The lowest BCUT2D eigenvalue weighted by molar-refractivity contribution is 0.492. The maximum Gasteiger partial charge on any atom is 0.147 e. The van der Waals surface area contributed by atoms with E-state index in [4.69, 9.17) is 5.84 Å². The first-order chi connectivity index (χ1) is 7.51. The SMILES string of the molecule is CS(=O)(=O)CCC(CC1=CCCCC1)NN. The molecule has 0 spiro atoms. The van der Waals surface area contributed by atoms with Gasteiger partial charge in [-0.3, -0.25) is 11.3 Å². The van der Waals surface area contributed by atoms with Crippen LogP contribution in [0.5, 0.6) is 0 Å². The molecule has 0 bridgehead atoms. The number of rotatable bonds is 6. The summed E-state index contributed by atoms with van der Waals surface area (Å²) in [7, 11) is -2.89. The van der Waals surface area contributed by atoms with Gasteiger partial charge in [0, 0.05) is 12.3 Å². The Morgan fingerprint density at radius 1 is 1.50 bits per heavy atom. The lowest BCUT2D eigenvalue weighted by atomic mass is 9.94. The average molecular weight is 246 g/mol. The highest BCUT2D eigenvalue weighted by Crippen LogP contribution is 2.22. The molecule has 1 unspecified atom stereocenters. The number of hydrogen-bond donors (Lipinski definition) is 2. The molecular formula is C11H22N2O2S. The van der Waals surface area contributed by atoms with Crippen molar-refractivity contribution in [3.63, 3.8) is 0 Å². The Kier molecular flexibility index (Phi) is 5.44.